The molecule has 0 spiro atoms. The molecule has 176 valence electrons. The van der Waals surface area contributed by atoms with Crippen LogP contribution in [0.15, 0.2) is 23.1 Å². The SMILES string of the molecule is Cc1nonc1C(=O)NCc1cn2ncc(C(NC(=O)CC3CC(F)(F)C3)C(C)C)cc2n1. The molecule has 33 heavy (non-hydrogen) atoms. The molecule has 0 saturated heterocycles. The van der Waals surface area contributed by atoms with Crippen LogP contribution in [-0.4, -0.2) is 42.6 Å². The van der Waals surface area contributed by atoms with E-state index in [-0.39, 0.29) is 55.3 Å². The Morgan fingerprint density at radius 3 is 2.70 bits per heavy atom. The second-order valence-electron chi connectivity index (χ2n) is 8.83. The Kier molecular flexibility index (Phi) is 6.09. The van der Waals surface area contributed by atoms with Crippen LogP contribution < -0.4 is 10.6 Å². The second-order valence-corrected chi connectivity index (χ2v) is 8.83. The van der Waals surface area contributed by atoms with Gasteiger partial charge in [0.25, 0.3) is 5.91 Å². The number of alkyl halides is 2. The number of imidazole rings is 1. The Morgan fingerprint density at radius 2 is 2.06 bits per heavy atom. The predicted octanol–water partition coefficient (Wildman–Crippen LogP) is 2.60. The largest absolute Gasteiger partial charge is 0.349 e. The highest BCUT2D eigenvalue weighted by molar-refractivity contribution is 5.92. The number of aryl methyl sites for hydroxylation is 1. The third-order valence-corrected chi connectivity index (χ3v) is 5.68. The summed E-state index contributed by atoms with van der Waals surface area (Å²) in [6.07, 6.45) is 2.94. The number of hydrogen-bond donors (Lipinski definition) is 2. The fraction of sp³-hybridized carbons (Fsp3) is 0.524. The standard InChI is InChI=1S/C21H25F2N7O3/c1-11(2)18(27-17(31)4-13-6-21(22,23)7-13)14-5-16-26-15(10-30(16)25-8-14)9-24-20(32)19-12(3)28-33-29-19/h5,8,10-11,13,18H,4,6-7,9H2,1-3H3,(H,24,32)(H,27,31). The molecule has 1 atom stereocenters. The summed E-state index contributed by atoms with van der Waals surface area (Å²) in [5, 5.41) is 17.2. The van der Waals surface area contributed by atoms with Crippen LogP contribution in [0.25, 0.3) is 5.65 Å². The van der Waals surface area contributed by atoms with E-state index in [2.05, 4.69) is 35.7 Å². The van der Waals surface area contributed by atoms with E-state index in [9.17, 15) is 18.4 Å². The maximum absolute atomic E-state index is 13.1. The molecule has 1 aliphatic carbocycles. The van der Waals surface area contributed by atoms with E-state index >= 15 is 0 Å². The molecule has 10 nitrogen and oxygen atoms in total. The maximum Gasteiger partial charge on any atom is 0.275 e. The van der Waals surface area contributed by atoms with Crippen molar-refractivity contribution in [3.8, 4) is 0 Å². The fourth-order valence-electron chi connectivity index (χ4n) is 3.95. The highest BCUT2D eigenvalue weighted by Gasteiger charge is 2.45. The Labute approximate surface area is 188 Å². The van der Waals surface area contributed by atoms with Gasteiger partial charge in [0.15, 0.2) is 11.3 Å². The van der Waals surface area contributed by atoms with Crippen molar-refractivity contribution in [1.82, 2.24) is 35.5 Å². The van der Waals surface area contributed by atoms with Crippen molar-refractivity contribution in [2.24, 2.45) is 11.8 Å². The summed E-state index contributed by atoms with van der Waals surface area (Å²) < 4.78 is 32.2. The van der Waals surface area contributed by atoms with Gasteiger partial charge in [-0.05, 0) is 35.5 Å². The van der Waals surface area contributed by atoms with Crippen molar-refractivity contribution in [3.63, 3.8) is 0 Å². The van der Waals surface area contributed by atoms with Crippen LogP contribution in [0.3, 0.4) is 0 Å². The smallest absolute Gasteiger partial charge is 0.275 e. The van der Waals surface area contributed by atoms with E-state index in [4.69, 9.17) is 0 Å². The van der Waals surface area contributed by atoms with E-state index in [0.717, 1.165) is 5.56 Å². The van der Waals surface area contributed by atoms with Crippen LogP contribution in [0.2, 0.25) is 0 Å². The molecule has 4 rings (SSSR count). The summed E-state index contributed by atoms with van der Waals surface area (Å²) in [4.78, 5) is 29.1. The highest BCUT2D eigenvalue weighted by atomic mass is 19.3. The average molecular weight is 461 g/mol. The molecule has 0 aliphatic heterocycles. The number of carbonyl (C=O) groups excluding carboxylic acids is 2. The van der Waals surface area contributed by atoms with Gasteiger partial charge in [0.1, 0.15) is 5.69 Å². The van der Waals surface area contributed by atoms with Crippen molar-refractivity contribution in [3.05, 3.63) is 41.1 Å². The van der Waals surface area contributed by atoms with E-state index in [1.54, 1.807) is 23.8 Å². The molecule has 2 amide bonds. The quantitative estimate of drug-likeness (QED) is 0.528. The topological polar surface area (TPSA) is 127 Å². The molecule has 3 heterocycles. The molecule has 1 saturated carbocycles. The van der Waals surface area contributed by atoms with Gasteiger partial charge in [0.05, 0.1) is 30.7 Å². The number of hydrogen-bond acceptors (Lipinski definition) is 7. The molecule has 3 aromatic rings. The first kappa shape index (κ1) is 22.7. The van der Waals surface area contributed by atoms with Crippen molar-refractivity contribution >= 4 is 17.5 Å². The molecule has 2 N–H and O–H groups in total. The van der Waals surface area contributed by atoms with Crippen molar-refractivity contribution in [2.45, 2.75) is 58.5 Å². The van der Waals surface area contributed by atoms with Gasteiger partial charge in [0.2, 0.25) is 11.8 Å². The number of fused-ring (bicyclic) bond motifs is 1. The van der Waals surface area contributed by atoms with Crippen molar-refractivity contribution in [1.29, 1.82) is 0 Å². The Hall–Kier alpha value is -3.44. The molecule has 0 radical (unpaired) electrons. The van der Waals surface area contributed by atoms with E-state index in [0.29, 0.717) is 17.0 Å². The van der Waals surface area contributed by atoms with E-state index < -0.39 is 11.8 Å². The minimum Gasteiger partial charge on any atom is -0.349 e. The molecule has 0 aromatic carbocycles. The van der Waals surface area contributed by atoms with Crippen LogP contribution in [0.1, 0.15) is 66.6 Å². The summed E-state index contributed by atoms with van der Waals surface area (Å²) in [5.41, 5.74) is 2.39. The molecule has 12 heteroatoms. The number of amides is 2. The normalized spacial score (nSPS) is 16.5. The first-order valence-corrected chi connectivity index (χ1v) is 10.7. The predicted molar refractivity (Wildman–Crippen MR) is 111 cm³/mol. The molecular weight excluding hydrogens is 436 g/mol. The van der Waals surface area contributed by atoms with Gasteiger partial charge in [-0.25, -0.2) is 22.9 Å². The fourth-order valence-corrected chi connectivity index (χ4v) is 3.95. The number of nitrogens with one attached hydrogen (secondary N) is 2. The third-order valence-electron chi connectivity index (χ3n) is 5.68. The van der Waals surface area contributed by atoms with Crippen LogP contribution in [0.5, 0.6) is 0 Å². The Morgan fingerprint density at radius 1 is 1.30 bits per heavy atom. The van der Waals surface area contributed by atoms with E-state index in [1.807, 2.05) is 19.9 Å². The molecule has 1 aliphatic rings. The zero-order valence-electron chi connectivity index (χ0n) is 18.5. The molecule has 1 unspecified atom stereocenters. The average Bonchev–Trinajstić information content (AvgIpc) is 3.33. The van der Waals surface area contributed by atoms with Crippen molar-refractivity contribution in [2.75, 3.05) is 0 Å². The number of nitrogens with zero attached hydrogens (tertiary/aromatic N) is 5. The first-order valence-electron chi connectivity index (χ1n) is 10.7. The maximum atomic E-state index is 13.1. The number of rotatable bonds is 8. The van der Waals surface area contributed by atoms with Gasteiger partial charge in [0, 0.05) is 19.3 Å². The zero-order valence-corrected chi connectivity index (χ0v) is 18.5. The molecular formula is C21H25F2N7O3. The van der Waals surface area contributed by atoms with Crippen LogP contribution in [0, 0.1) is 18.8 Å². The lowest BCUT2D eigenvalue weighted by molar-refractivity contribution is -0.134. The summed E-state index contributed by atoms with van der Waals surface area (Å²) in [6.45, 7) is 5.69. The summed E-state index contributed by atoms with van der Waals surface area (Å²) >= 11 is 0. The van der Waals surface area contributed by atoms with Gasteiger partial charge in [-0.1, -0.05) is 19.0 Å². The monoisotopic (exact) mass is 461 g/mol. The van der Waals surface area contributed by atoms with Crippen molar-refractivity contribution < 1.29 is 23.0 Å². The van der Waals surface area contributed by atoms with Gasteiger partial charge < -0.3 is 10.6 Å². The molecule has 1 fully saturated rings. The minimum absolute atomic E-state index is 0.0501. The summed E-state index contributed by atoms with van der Waals surface area (Å²) in [7, 11) is 0. The first-order chi connectivity index (χ1) is 15.6. The summed E-state index contributed by atoms with van der Waals surface area (Å²) in [5.74, 6) is -3.55. The lowest BCUT2D eigenvalue weighted by atomic mass is 9.79. The van der Waals surface area contributed by atoms with Crippen LogP contribution in [-0.2, 0) is 11.3 Å². The Balaban J connectivity index is 1.41. The third kappa shape index (κ3) is 5.15. The second kappa shape index (κ2) is 8.83. The number of halogens is 2. The summed E-state index contributed by atoms with van der Waals surface area (Å²) in [6, 6.07) is 1.48. The van der Waals surface area contributed by atoms with E-state index in [1.165, 1.54) is 0 Å². The number of carbonyl (C=O) groups is 2. The lowest BCUT2D eigenvalue weighted by Gasteiger charge is -2.35. The van der Waals surface area contributed by atoms with Gasteiger partial charge in [-0.2, -0.15) is 5.10 Å². The zero-order chi connectivity index (χ0) is 23.8. The van der Waals surface area contributed by atoms with Crippen LogP contribution >= 0.6 is 0 Å². The van der Waals surface area contributed by atoms with Gasteiger partial charge in [-0.3, -0.25) is 9.59 Å². The van der Waals surface area contributed by atoms with Gasteiger partial charge in [-0.15, -0.1) is 0 Å². The lowest BCUT2D eigenvalue weighted by Crippen LogP contribution is -2.40. The minimum atomic E-state index is -2.64. The highest BCUT2D eigenvalue weighted by Crippen LogP contribution is 2.44. The van der Waals surface area contributed by atoms with Gasteiger partial charge >= 0.3 is 0 Å². The Bertz CT molecular complexity index is 1170. The van der Waals surface area contributed by atoms with Crippen LogP contribution in [0.4, 0.5) is 8.78 Å². The molecule has 3 aromatic heterocycles. The molecule has 0 bridgehead atoms. The number of aromatic nitrogens is 5.